The molecule has 0 aliphatic heterocycles. The fourth-order valence-electron chi connectivity index (χ4n) is 1.54. The topological polar surface area (TPSA) is 58.4 Å². The Morgan fingerprint density at radius 1 is 1.60 bits per heavy atom. The summed E-state index contributed by atoms with van der Waals surface area (Å²) in [5, 5.41) is 3.28. The van der Waals surface area contributed by atoms with Gasteiger partial charge in [-0.3, -0.25) is 4.79 Å². The molecule has 1 fully saturated rings. The van der Waals surface area contributed by atoms with Gasteiger partial charge in [0, 0.05) is 18.6 Å². The molecule has 3 N–H and O–H groups in total. The van der Waals surface area contributed by atoms with Crippen LogP contribution in [-0.2, 0) is 4.79 Å². The number of hydrogen-bond acceptors (Lipinski definition) is 3. The van der Waals surface area contributed by atoms with Crippen LogP contribution in [0.15, 0.2) is 0 Å². The van der Waals surface area contributed by atoms with Crippen LogP contribution >= 0.6 is 0 Å². The smallest absolute Gasteiger partial charge is 0.235 e. The summed E-state index contributed by atoms with van der Waals surface area (Å²) in [6.45, 7) is 5.02. The van der Waals surface area contributed by atoms with Gasteiger partial charge in [-0.1, -0.05) is 6.92 Å². The van der Waals surface area contributed by atoms with Gasteiger partial charge in [-0.15, -0.1) is 0 Å². The number of likely N-dealkylation sites (N-methyl/N-ethyl adjacent to an activating group) is 1. The van der Waals surface area contributed by atoms with Crippen molar-refractivity contribution in [1.82, 2.24) is 10.2 Å². The molecule has 88 valence electrons. The highest BCUT2D eigenvalue weighted by molar-refractivity contribution is 5.80. The highest BCUT2D eigenvalue weighted by Gasteiger charge is 2.28. The largest absolute Gasteiger partial charge is 0.368 e. The fourth-order valence-corrected chi connectivity index (χ4v) is 1.54. The summed E-state index contributed by atoms with van der Waals surface area (Å²) in [5.74, 6) is -0.239. The number of primary amides is 1. The van der Waals surface area contributed by atoms with E-state index < -0.39 is 0 Å². The Kier molecular flexibility index (Phi) is 4.54. The first-order valence-corrected chi connectivity index (χ1v) is 5.80. The van der Waals surface area contributed by atoms with Crippen molar-refractivity contribution in [2.45, 2.75) is 51.2 Å². The highest BCUT2D eigenvalue weighted by Crippen LogP contribution is 2.19. The van der Waals surface area contributed by atoms with Crippen LogP contribution in [-0.4, -0.2) is 42.5 Å². The molecular formula is C11H23N3O. The lowest BCUT2D eigenvalue weighted by Crippen LogP contribution is -2.50. The SMILES string of the molecule is CCC(C)N(C)CC(NC1CC1)C(N)=O. The zero-order valence-electron chi connectivity index (χ0n) is 9.99. The minimum Gasteiger partial charge on any atom is -0.368 e. The standard InChI is InChI=1S/C11H23N3O/c1-4-8(2)14(3)7-10(11(12)15)13-9-5-6-9/h8-10,13H,4-7H2,1-3H3,(H2,12,15). The molecule has 2 unspecified atom stereocenters. The minimum atomic E-state index is -0.239. The third-order valence-electron chi connectivity index (χ3n) is 3.17. The average Bonchev–Trinajstić information content (AvgIpc) is 2.99. The maximum Gasteiger partial charge on any atom is 0.235 e. The predicted molar refractivity (Wildman–Crippen MR) is 61.5 cm³/mol. The average molecular weight is 213 g/mol. The zero-order chi connectivity index (χ0) is 11.4. The van der Waals surface area contributed by atoms with Crippen molar-refractivity contribution in [2.24, 2.45) is 5.73 Å². The Bertz CT molecular complexity index is 216. The molecule has 1 amide bonds. The van der Waals surface area contributed by atoms with Crippen molar-refractivity contribution in [1.29, 1.82) is 0 Å². The summed E-state index contributed by atoms with van der Waals surface area (Å²) in [5.41, 5.74) is 5.37. The predicted octanol–water partition coefficient (Wildman–Crippen LogP) is 0.323. The first kappa shape index (κ1) is 12.5. The molecule has 1 aliphatic rings. The quantitative estimate of drug-likeness (QED) is 0.640. The first-order valence-electron chi connectivity index (χ1n) is 5.80. The molecule has 1 rings (SSSR count). The molecule has 0 bridgehead atoms. The van der Waals surface area contributed by atoms with Crippen molar-refractivity contribution in [3.63, 3.8) is 0 Å². The third kappa shape index (κ3) is 4.18. The summed E-state index contributed by atoms with van der Waals surface area (Å²) in [6, 6.07) is 0.817. The van der Waals surface area contributed by atoms with E-state index in [0.717, 1.165) is 6.42 Å². The Labute approximate surface area is 92.2 Å². The molecule has 4 nitrogen and oxygen atoms in total. The van der Waals surface area contributed by atoms with Crippen molar-refractivity contribution in [2.75, 3.05) is 13.6 Å². The van der Waals surface area contributed by atoms with Crippen LogP contribution in [0.3, 0.4) is 0 Å². The van der Waals surface area contributed by atoms with E-state index >= 15 is 0 Å². The van der Waals surface area contributed by atoms with Crippen LogP contribution in [0.2, 0.25) is 0 Å². The van der Waals surface area contributed by atoms with Gasteiger partial charge < -0.3 is 16.0 Å². The Hall–Kier alpha value is -0.610. The highest BCUT2D eigenvalue weighted by atomic mass is 16.1. The number of nitrogens with one attached hydrogen (secondary N) is 1. The van der Waals surface area contributed by atoms with Crippen LogP contribution in [0.5, 0.6) is 0 Å². The van der Waals surface area contributed by atoms with Gasteiger partial charge in [0.05, 0.1) is 6.04 Å². The lowest BCUT2D eigenvalue weighted by atomic mass is 10.2. The zero-order valence-corrected chi connectivity index (χ0v) is 9.99. The molecule has 15 heavy (non-hydrogen) atoms. The Balaban J connectivity index is 2.38. The van der Waals surface area contributed by atoms with Gasteiger partial charge >= 0.3 is 0 Å². The van der Waals surface area contributed by atoms with Gasteiger partial charge in [0.2, 0.25) is 5.91 Å². The molecular weight excluding hydrogens is 190 g/mol. The maximum atomic E-state index is 11.2. The molecule has 0 aromatic heterocycles. The molecule has 0 radical (unpaired) electrons. The lowest BCUT2D eigenvalue weighted by Gasteiger charge is -2.27. The van der Waals surface area contributed by atoms with E-state index in [0.29, 0.717) is 18.6 Å². The van der Waals surface area contributed by atoms with E-state index in [1.54, 1.807) is 0 Å². The van der Waals surface area contributed by atoms with Crippen LogP contribution in [0.4, 0.5) is 0 Å². The molecule has 4 heteroatoms. The normalized spacial score (nSPS) is 20.3. The third-order valence-corrected chi connectivity index (χ3v) is 3.17. The summed E-state index contributed by atoms with van der Waals surface area (Å²) in [4.78, 5) is 13.4. The summed E-state index contributed by atoms with van der Waals surface area (Å²) >= 11 is 0. The number of hydrogen-bond donors (Lipinski definition) is 2. The summed E-state index contributed by atoms with van der Waals surface area (Å²) in [6.07, 6.45) is 3.44. The number of nitrogens with two attached hydrogens (primary N) is 1. The number of carbonyl (C=O) groups excluding carboxylic acids is 1. The Morgan fingerprint density at radius 2 is 2.20 bits per heavy atom. The van der Waals surface area contributed by atoms with E-state index in [2.05, 4.69) is 24.1 Å². The van der Waals surface area contributed by atoms with Gasteiger partial charge in [-0.2, -0.15) is 0 Å². The second-order valence-corrected chi connectivity index (χ2v) is 4.59. The van der Waals surface area contributed by atoms with E-state index in [4.69, 9.17) is 5.73 Å². The van der Waals surface area contributed by atoms with Crippen molar-refractivity contribution in [3.05, 3.63) is 0 Å². The van der Waals surface area contributed by atoms with E-state index in [-0.39, 0.29) is 11.9 Å². The van der Waals surface area contributed by atoms with E-state index in [1.807, 2.05) is 7.05 Å². The first-order chi connectivity index (χ1) is 7.04. The van der Waals surface area contributed by atoms with Crippen LogP contribution in [0.1, 0.15) is 33.1 Å². The number of rotatable bonds is 7. The minimum absolute atomic E-state index is 0.198. The summed E-state index contributed by atoms with van der Waals surface area (Å²) < 4.78 is 0. The maximum absolute atomic E-state index is 11.2. The van der Waals surface area contributed by atoms with Crippen molar-refractivity contribution >= 4 is 5.91 Å². The lowest BCUT2D eigenvalue weighted by molar-refractivity contribution is -0.120. The van der Waals surface area contributed by atoms with Crippen LogP contribution in [0.25, 0.3) is 0 Å². The van der Waals surface area contributed by atoms with Crippen molar-refractivity contribution in [3.8, 4) is 0 Å². The molecule has 0 spiro atoms. The van der Waals surface area contributed by atoms with Gasteiger partial charge in [-0.05, 0) is 33.2 Å². The molecule has 0 aromatic carbocycles. The van der Waals surface area contributed by atoms with Gasteiger partial charge in [0.15, 0.2) is 0 Å². The van der Waals surface area contributed by atoms with E-state index in [9.17, 15) is 4.79 Å². The number of amides is 1. The van der Waals surface area contributed by atoms with Gasteiger partial charge in [0.1, 0.15) is 0 Å². The molecule has 0 heterocycles. The second-order valence-electron chi connectivity index (χ2n) is 4.59. The fraction of sp³-hybridized carbons (Fsp3) is 0.909. The van der Waals surface area contributed by atoms with E-state index in [1.165, 1.54) is 12.8 Å². The summed E-state index contributed by atoms with van der Waals surface area (Å²) in [7, 11) is 2.04. The van der Waals surface area contributed by atoms with Crippen molar-refractivity contribution < 1.29 is 4.79 Å². The number of nitrogens with zero attached hydrogens (tertiary/aromatic N) is 1. The van der Waals surface area contributed by atoms with Crippen LogP contribution < -0.4 is 11.1 Å². The molecule has 2 atom stereocenters. The molecule has 1 aliphatic carbocycles. The molecule has 0 saturated heterocycles. The van der Waals surface area contributed by atoms with Gasteiger partial charge in [-0.25, -0.2) is 0 Å². The van der Waals surface area contributed by atoms with Gasteiger partial charge in [0.25, 0.3) is 0 Å². The molecule has 0 aromatic rings. The molecule has 1 saturated carbocycles. The number of carbonyl (C=O) groups is 1. The monoisotopic (exact) mass is 213 g/mol. The van der Waals surface area contributed by atoms with Crippen LogP contribution in [0, 0.1) is 0 Å². The second kappa shape index (κ2) is 5.47. The Morgan fingerprint density at radius 3 is 2.60 bits per heavy atom.